The molecule has 1 heterocycles. The topological polar surface area (TPSA) is 68.5 Å². The maximum absolute atomic E-state index is 14.4. The Balaban J connectivity index is 1.04. The molecular formula is C34H36F3N3O3. The third kappa shape index (κ3) is 4.83. The molecular weight excluding hydrogens is 555 g/mol. The molecule has 0 atom stereocenters. The molecule has 4 bridgehead atoms. The number of amides is 1. The molecule has 6 nitrogen and oxygen atoms in total. The molecule has 9 heteroatoms. The normalized spacial score (nSPS) is 32.3. The minimum absolute atomic E-state index is 0.00175. The van der Waals surface area contributed by atoms with E-state index in [4.69, 9.17) is 9.51 Å². The lowest BCUT2D eigenvalue weighted by Crippen LogP contribution is -2.65. The number of ether oxygens (including phenoxy) is 1. The van der Waals surface area contributed by atoms with Crippen LogP contribution < -0.4 is 9.64 Å². The minimum Gasteiger partial charge on any atom is -0.435 e. The van der Waals surface area contributed by atoms with Crippen molar-refractivity contribution in [2.45, 2.75) is 101 Å². The van der Waals surface area contributed by atoms with Crippen molar-refractivity contribution in [1.82, 2.24) is 10.1 Å². The number of hydrogen-bond acceptors (Lipinski definition) is 5. The summed E-state index contributed by atoms with van der Waals surface area (Å²) >= 11 is 0. The van der Waals surface area contributed by atoms with Crippen LogP contribution in [-0.4, -0.2) is 34.9 Å². The summed E-state index contributed by atoms with van der Waals surface area (Å²) < 4.78 is 49.9. The number of fused-ring (bicyclic) bond motifs is 3. The molecule has 1 aromatic heterocycles. The van der Waals surface area contributed by atoms with Crippen LogP contribution in [0.4, 0.5) is 18.9 Å². The number of alkyl halides is 3. The van der Waals surface area contributed by atoms with Crippen LogP contribution in [0.1, 0.15) is 94.7 Å². The first kappa shape index (κ1) is 27.2. The monoisotopic (exact) mass is 591 g/mol. The molecule has 1 amide bonds. The third-order valence-electron chi connectivity index (χ3n) is 11.2. The number of hydrogen-bond donors (Lipinski definition) is 0. The Hall–Kier alpha value is -3.36. The highest BCUT2D eigenvalue weighted by Gasteiger charge is 2.69. The van der Waals surface area contributed by atoms with Crippen molar-refractivity contribution < 1.29 is 27.2 Å². The number of benzene rings is 2. The van der Waals surface area contributed by atoms with E-state index in [1.807, 2.05) is 29.2 Å². The first-order valence-electron chi connectivity index (χ1n) is 15.6. The predicted octanol–water partition coefficient (Wildman–Crippen LogP) is 8.12. The maximum atomic E-state index is 14.4. The van der Waals surface area contributed by atoms with Crippen molar-refractivity contribution in [2.75, 3.05) is 11.4 Å². The summed E-state index contributed by atoms with van der Waals surface area (Å²) in [5.74, 6) is 2.29. The van der Waals surface area contributed by atoms with E-state index in [-0.39, 0.29) is 27.9 Å². The molecule has 226 valence electrons. The first-order chi connectivity index (χ1) is 20.7. The van der Waals surface area contributed by atoms with Gasteiger partial charge in [-0.3, -0.25) is 4.79 Å². The van der Waals surface area contributed by atoms with Crippen LogP contribution in [0, 0.1) is 10.8 Å². The standard InChI is InChI=1S/C34H36F3N3O3/c35-30(36)42-26-8-6-22(7-9-26)24-2-1-3-25(16-24)40(27(41)17-32-18-34(37,19-32)20-32)21-31-10-13-33(14-11-31,15-12-31)29-38-28(39-43-29)23-4-5-23/h1-3,6-9,16,23,30H,4-5,10-15,17-21H2. The zero-order chi connectivity index (χ0) is 29.5. The first-order valence-corrected chi connectivity index (χ1v) is 15.6. The lowest BCUT2D eigenvalue weighted by molar-refractivity contribution is -0.215. The second-order valence-electron chi connectivity index (χ2n) is 14.3. The van der Waals surface area contributed by atoms with E-state index >= 15 is 0 Å². The summed E-state index contributed by atoms with van der Waals surface area (Å²) in [6.07, 6.45) is 10.0. The Morgan fingerprint density at radius 1 is 0.953 bits per heavy atom. The van der Waals surface area contributed by atoms with Crippen molar-refractivity contribution >= 4 is 11.6 Å². The molecule has 7 saturated carbocycles. The van der Waals surface area contributed by atoms with Crippen LogP contribution in [0.15, 0.2) is 53.1 Å². The molecule has 43 heavy (non-hydrogen) atoms. The predicted molar refractivity (Wildman–Crippen MR) is 154 cm³/mol. The van der Waals surface area contributed by atoms with Crippen LogP contribution in [0.5, 0.6) is 5.75 Å². The SMILES string of the molecule is O=C(CC12CC(F)(C1)C2)N(CC12CCC(c3nc(C4CC4)no3)(CC1)CC2)c1cccc(-c2ccc(OC(F)F)cc2)c1. The van der Waals surface area contributed by atoms with Crippen molar-refractivity contribution in [3.8, 4) is 16.9 Å². The molecule has 0 N–H and O–H groups in total. The fourth-order valence-corrected chi connectivity index (χ4v) is 8.58. The number of rotatable bonds is 10. The van der Waals surface area contributed by atoms with Crippen LogP contribution in [0.25, 0.3) is 11.1 Å². The fraction of sp³-hybridized carbons (Fsp3) is 0.559. The van der Waals surface area contributed by atoms with Crippen LogP contribution in [0.2, 0.25) is 0 Å². The lowest BCUT2D eigenvalue weighted by atomic mass is 9.41. The number of carbonyl (C=O) groups is 1. The van der Waals surface area contributed by atoms with E-state index in [0.717, 1.165) is 79.9 Å². The molecule has 7 aliphatic carbocycles. The van der Waals surface area contributed by atoms with Crippen molar-refractivity contribution in [3.63, 3.8) is 0 Å². The zero-order valence-corrected chi connectivity index (χ0v) is 24.2. The van der Waals surface area contributed by atoms with Crippen molar-refractivity contribution in [3.05, 3.63) is 60.2 Å². The van der Waals surface area contributed by atoms with Gasteiger partial charge in [0.25, 0.3) is 0 Å². The summed E-state index contributed by atoms with van der Waals surface area (Å²) in [4.78, 5) is 20.8. The molecule has 10 rings (SSSR count). The summed E-state index contributed by atoms with van der Waals surface area (Å²) in [5.41, 5.74) is 1.26. The summed E-state index contributed by atoms with van der Waals surface area (Å²) in [7, 11) is 0. The smallest absolute Gasteiger partial charge is 0.387 e. The van der Waals surface area contributed by atoms with Gasteiger partial charge in [-0.15, -0.1) is 0 Å². The molecule has 0 saturated heterocycles. The van der Waals surface area contributed by atoms with Gasteiger partial charge >= 0.3 is 6.61 Å². The van der Waals surface area contributed by atoms with Gasteiger partial charge in [-0.1, -0.05) is 29.4 Å². The number of nitrogens with zero attached hydrogens (tertiary/aromatic N) is 3. The van der Waals surface area contributed by atoms with Gasteiger partial charge < -0.3 is 14.2 Å². The second-order valence-corrected chi connectivity index (χ2v) is 14.3. The quantitative estimate of drug-likeness (QED) is 0.238. The Labute approximate surface area is 249 Å². The van der Waals surface area contributed by atoms with Crippen molar-refractivity contribution in [1.29, 1.82) is 0 Å². The number of aromatic nitrogens is 2. The van der Waals surface area contributed by atoms with E-state index in [1.54, 1.807) is 12.1 Å². The van der Waals surface area contributed by atoms with E-state index in [0.29, 0.717) is 38.1 Å². The molecule has 0 spiro atoms. The van der Waals surface area contributed by atoms with Gasteiger partial charge in [0, 0.05) is 30.0 Å². The highest BCUT2D eigenvalue weighted by atomic mass is 19.3. The van der Waals surface area contributed by atoms with Gasteiger partial charge in [-0.25, -0.2) is 4.39 Å². The average molecular weight is 592 g/mol. The van der Waals surface area contributed by atoms with E-state index in [9.17, 15) is 18.0 Å². The summed E-state index contributed by atoms with van der Waals surface area (Å²) in [5, 5.41) is 4.29. The molecule has 7 aliphatic rings. The average Bonchev–Trinajstić information content (AvgIpc) is 3.71. The Kier molecular flexibility index (Phi) is 6.05. The number of anilines is 1. The van der Waals surface area contributed by atoms with Gasteiger partial charge in [0.1, 0.15) is 11.4 Å². The third-order valence-corrected chi connectivity index (χ3v) is 11.2. The fourth-order valence-electron chi connectivity index (χ4n) is 8.58. The van der Waals surface area contributed by atoms with Gasteiger partial charge in [0.15, 0.2) is 5.82 Å². The van der Waals surface area contributed by atoms with Crippen LogP contribution in [-0.2, 0) is 10.2 Å². The van der Waals surface area contributed by atoms with E-state index in [1.165, 1.54) is 12.1 Å². The second kappa shape index (κ2) is 9.57. The van der Waals surface area contributed by atoms with E-state index in [2.05, 4.69) is 9.89 Å². The lowest BCUT2D eigenvalue weighted by Gasteiger charge is -2.66. The maximum Gasteiger partial charge on any atom is 0.387 e. The highest BCUT2D eigenvalue weighted by Crippen LogP contribution is 2.71. The van der Waals surface area contributed by atoms with E-state index < -0.39 is 12.3 Å². The van der Waals surface area contributed by atoms with Gasteiger partial charge in [-0.05, 0) is 117 Å². The number of halogens is 3. The molecule has 2 aromatic carbocycles. The highest BCUT2D eigenvalue weighted by molar-refractivity contribution is 5.95. The largest absolute Gasteiger partial charge is 0.435 e. The van der Waals surface area contributed by atoms with Gasteiger partial charge in [0.2, 0.25) is 11.8 Å². The number of carbonyl (C=O) groups excluding carboxylic acids is 1. The molecule has 0 aliphatic heterocycles. The van der Waals surface area contributed by atoms with Crippen LogP contribution in [0.3, 0.4) is 0 Å². The minimum atomic E-state index is -2.88. The molecule has 7 fully saturated rings. The Morgan fingerprint density at radius 3 is 2.28 bits per heavy atom. The Bertz CT molecular complexity index is 1510. The zero-order valence-electron chi connectivity index (χ0n) is 24.2. The van der Waals surface area contributed by atoms with Gasteiger partial charge in [0.05, 0.1) is 0 Å². The van der Waals surface area contributed by atoms with Crippen molar-refractivity contribution in [2.24, 2.45) is 10.8 Å². The summed E-state index contributed by atoms with van der Waals surface area (Å²) in [6.45, 7) is -2.25. The Morgan fingerprint density at radius 2 is 1.65 bits per heavy atom. The van der Waals surface area contributed by atoms with Crippen LogP contribution >= 0.6 is 0 Å². The molecule has 0 unspecified atom stereocenters. The van der Waals surface area contributed by atoms with Gasteiger partial charge in [-0.2, -0.15) is 13.8 Å². The molecule has 3 aromatic rings. The summed E-state index contributed by atoms with van der Waals surface area (Å²) in [6, 6.07) is 14.4. The molecule has 0 radical (unpaired) electrons.